The van der Waals surface area contributed by atoms with E-state index in [1.165, 1.54) is 43.4 Å². The van der Waals surface area contributed by atoms with Gasteiger partial charge < -0.3 is 14.8 Å². The number of esters is 2. The molecule has 2 aromatic carbocycles. The predicted octanol–water partition coefficient (Wildman–Crippen LogP) is 4.41. The number of thiophene rings is 1. The topological polar surface area (TPSA) is 116 Å². The van der Waals surface area contributed by atoms with Gasteiger partial charge in [0, 0.05) is 29.8 Å². The highest BCUT2D eigenvalue weighted by molar-refractivity contribution is 7.94. The molecule has 1 amide bonds. The molecule has 0 aliphatic rings. The average Bonchev–Trinajstić information content (AvgIpc) is 3.31. The number of anilines is 1. The Morgan fingerprint density at radius 2 is 1.64 bits per heavy atom. The van der Waals surface area contributed by atoms with Crippen LogP contribution in [0.5, 0.6) is 11.5 Å². The Balaban J connectivity index is 1.58. The van der Waals surface area contributed by atoms with Gasteiger partial charge in [0.2, 0.25) is 5.91 Å². The number of hydrogen-bond acceptors (Lipinski definition) is 8. The normalized spacial score (nSPS) is 11.3. The third kappa shape index (κ3) is 8.79. The quantitative estimate of drug-likeness (QED) is 0.307. The fourth-order valence-electron chi connectivity index (χ4n) is 3.14. The lowest BCUT2D eigenvalue weighted by Crippen LogP contribution is -2.13. The molecule has 0 radical (unpaired) electrons. The molecule has 0 fully saturated rings. The smallest absolute Gasteiger partial charge is 0.308 e. The van der Waals surface area contributed by atoms with Gasteiger partial charge in [-0.1, -0.05) is 24.3 Å². The Kier molecular flexibility index (Phi) is 9.15. The van der Waals surface area contributed by atoms with Crippen molar-refractivity contribution < 1.29 is 32.3 Å². The van der Waals surface area contributed by atoms with Gasteiger partial charge in [-0.05, 0) is 59.3 Å². The van der Waals surface area contributed by atoms with Crippen molar-refractivity contribution >= 4 is 50.8 Å². The van der Waals surface area contributed by atoms with Crippen LogP contribution in [-0.4, -0.2) is 32.0 Å². The minimum atomic E-state index is -3.54. The molecule has 0 bridgehead atoms. The van der Waals surface area contributed by atoms with Crippen LogP contribution < -0.4 is 14.8 Å². The standard InChI is InChI=1S/C26H25NO7S2/c1-18(28)33-24-10-7-21(16-25(24)34-19(2)29)12-15-36(31,32)14-11-20-5-8-22(9-6-20)27-26(30)17-23-4-3-13-35-23/h3-10,12-13,15-16H,11,14,17H2,1-2H3,(H,27,30)/b15-12+. The highest BCUT2D eigenvalue weighted by Gasteiger charge is 2.12. The van der Waals surface area contributed by atoms with Crippen LogP contribution in [0.2, 0.25) is 0 Å². The molecular formula is C26H25NO7S2. The van der Waals surface area contributed by atoms with Gasteiger partial charge in [0.25, 0.3) is 0 Å². The van der Waals surface area contributed by atoms with E-state index in [-0.39, 0.29) is 23.2 Å². The van der Waals surface area contributed by atoms with E-state index < -0.39 is 21.8 Å². The number of benzene rings is 2. The van der Waals surface area contributed by atoms with Gasteiger partial charge in [0.05, 0.1) is 12.2 Å². The van der Waals surface area contributed by atoms with E-state index in [0.717, 1.165) is 15.8 Å². The SMILES string of the molecule is CC(=O)Oc1ccc(/C=C/S(=O)(=O)CCc2ccc(NC(=O)Cc3cccs3)cc2)cc1OC(C)=O. The van der Waals surface area contributed by atoms with Gasteiger partial charge in [-0.25, -0.2) is 8.42 Å². The fourth-order valence-corrected chi connectivity index (χ4v) is 4.87. The molecule has 0 spiro atoms. The third-order valence-electron chi connectivity index (χ3n) is 4.77. The monoisotopic (exact) mass is 527 g/mol. The van der Waals surface area contributed by atoms with E-state index in [2.05, 4.69) is 5.32 Å². The van der Waals surface area contributed by atoms with Crippen LogP contribution in [0.25, 0.3) is 6.08 Å². The number of hydrogen-bond donors (Lipinski definition) is 1. The van der Waals surface area contributed by atoms with Crippen LogP contribution in [0.15, 0.2) is 65.4 Å². The van der Waals surface area contributed by atoms with Crippen molar-refractivity contribution in [1.29, 1.82) is 0 Å². The number of amides is 1. The molecular weight excluding hydrogens is 502 g/mol. The van der Waals surface area contributed by atoms with E-state index in [1.54, 1.807) is 30.3 Å². The van der Waals surface area contributed by atoms with Crippen molar-refractivity contribution in [3.8, 4) is 11.5 Å². The van der Waals surface area contributed by atoms with Crippen LogP contribution in [0.1, 0.15) is 29.9 Å². The first-order chi connectivity index (χ1) is 17.1. The summed E-state index contributed by atoms with van der Waals surface area (Å²) < 4.78 is 35.1. The van der Waals surface area contributed by atoms with Crippen LogP contribution in [-0.2, 0) is 37.1 Å². The molecule has 1 aromatic heterocycles. The number of ether oxygens (including phenoxy) is 2. The number of sulfone groups is 1. The first kappa shape index (κ1) is 26.8. The van der Waals surface area contributed by atoms with Crippen molar-refractivity contribution in [3.63, 3.8) is 0 Å². The summed E-state index contributed by atoms with van der Waals surface area (Å²) in [5.41, 5.74) is 1.91. The maximum Gasteiger partial charge on any atom is 0.308 e. The summed E-state index contributed by atoms with van der Waals surface area (Å²) in [4.78, 5) is 35.7. The van der Waals surface area contributed by atoms with Crippen molar-refractivity contribution in [2.75, 3.05) is 11.1 Å². The molecule has 3 rings (SSSR count). The van der Waals surface area contributed by atoms with Crippen molar-refractivity contribution in [2.24, 2.45) is 0 Å². The molecule has 1 heterocycles. The summed E-state index contributed by atoms with van der Waals surface area (Å²) in [6.45, 7) is 2.42. The summed E-state index contributed by atoms with van der Waals surface area (Å²) in [5, 5.41) is 5.83. The summed E-state index contributed by atoms with van der Waals surface area (Å²) in [5.74, 6) is -1.34. The van der Waals surface area contributed by atoms with Gasteiger partial charge in [-0.15, -0.1) is 11.3 Å². The van der Waals surface area contributed by atoms with Gasteiger partial charge in [-0.3, -0.25) is 14.4 Å². The highest BCUT2D eigenvalue weighted by atomic mass is 32.2. The maximum absolute atomic E-state index is 12.5. The Bertz CT molecular complexity index is 1360. The van der Waals surface area contributed by atoms with E-state index in [4.69, 9.17) is 9.47 Å². The van der Waals surface area contributed by atoms with Crippen LogP contribution in [0.3, 0.4) is 0 Å². The third-order valence-corrected chi connectivity index (χ3v) is 6.97. The lowest BCUT2D eigenvalue weighted by atomic mass is 10.1. The lowest BCUT2D eigenvalue weighted by Gasteiger charge is -2.09. The molecule has 8 nitrogen and oxygen atoms in total. The zero-order chi connectivity index (χ0) is 26.1. The van der Waals surface area contributed by atoms with Gasteiger partial charge in [-0.2, -0.15) is 0 Å². The summed E-state index contributed by atoms with van der Waals surface area (Å²) >= 11 is 1.52. The molecule has 0 aliphatic heterocycles. The minimum Gasteiger partial charge on any atom is -0.423 e. The maximum atomic E-state index is 12.5. The second kappa shape index (κ2) is 12.3. The van der Waals surface area contributed by atoms with Crippen molar-refractivity contribution in [1.82, 2.24) is 0 Å². The van der Waals surface area contributed by atoms with E-state index in [9.17, 15) is 22.8 Å². The Morgan fingerprint density at radius 1 is 0.944 bits per heavy atom. The van der Waals surface area contributed by atoms with Crippen molar-refractivity contribution in [2.45, 2.75) is 26.7 Å². The molecule has 0 unspecified atom stereocenters. The summed E-state index contributed by atoms with van der Waals surface area (Å²) in [7, 11) is -3.54. The summed E-state index contributed by atoms with van der Waals surface area (Å²) in [6, 6.07) is 15.2. The van der Waals surface area contributed by atoms with Gasteiger partial charge >= 0.3 is 11.9 Å². The molecule has 188 valence electrons. The first-order valence-corrected chi connectivity index (χ1v) is 13.5. The van der Waals surface area contributed by atoms with Crippen LogP contribution in [0, 0.1) is 0 Å². The number of carbonyl (C=O) groups excluding carboxylic acids is 3. The Hall–Kier alpha value is -3.76. The molecule has 0 saturated carbocycles. The first-order valence-electron chi connectivity index (χ1n) is 10.9. The number of rotatable bonds is 10. The Labute approximate surface area is 213 Å². The van der Waals surface area contributed by atoms with Gasteiger partial charge in [0.15, 0.2) is 21.3 Å². The molecule has 36 heavy (non-hydrogen) atoms. The molecule has 0 aliphatic carbocycles. The molecule has 0 saturated heterocycles. The number of nitrogens with one attached hydrogen (secondary N) is 1. The number of aryl methyl sites for hydroxylation is 1. The second-order valence-corrected chi connectivity index (χ2v) is 10.9. The van der Waals surface area contributed by atoms with Crippen LogP contribution >= 0.6 is 11.3 Å². The average molecular weight is 528 g/mol. The molecule has 0 atom stereocenters. The zero-order valence-corrected chi connectivity index (χ0v) is 21.4. The van der Waals surface area contributed by atoms with Crippen molar-refractivity contribution in [3.05, 3.63) is 81.4 Å². The van der Waals surface area contributed by atoms with E-state index >= 15 is 0 Å². The second-order valence-electron chi connectivity index (χ2n) is 7.81. The van der Waals surface area contributed by atoms with Gasteiger partial charge in [0.1, 0.15) is 0 Å². The fraction of sp³-hybridized carbons (Fsp3) is 0.192. The van der Waals surface area contributed by atoms with E-state index in [0.29, 0.717) is 24.1 Å². The lowest BCUT2D eigenvalue weighted by molar-refractivity contribution is -0.134. The van der Waals surface area contributed by atoms with E-state index in [1.807, 2.05) is 17.5 Å². The predicted molar refractivity (Wildman–Crippen MR) is 139 cm³/mol. The highest BCUT2D eigenvalue weighted by Crippen LogP contribution is 2.29. The zero-order valence-electron chi connectivity index (χ0n) is 19.7. The molecule has 1 N–H and O–H groups in total. The minimum absolute atomic E-state index is 0.0137. The largest absolute Gasteiger partial charge is 0.423 e. The molecule has 10 heteroatoms. The van der Waals surface area contributed by atoms with Crippen LogP contribution in [0.4, 0.5) is 5.69 Å². The Morgan fingerprint density at radius 3 is 2.28 bits per heavy atom. The number of carbonyl (C=O) groups is 3. The molecule has 3 aromatic rings. The summed E-state index contributed by atoms with van der Waals surface area (Å²) in [6.07, 6.45) is 1.98.